The van der Waals surface area contributed by atoms with Gasteiger partial charge in [0.15, 0.2) is 5.78 Å². The van der Waals surface area contributed by atoms with E-state index in [0.29, 0.717) is 35.7 Å². The lowest BCUT2D eigenvalue weighted by Crippen LogP contribution is -2.19. The number of carbonyl (C=O) groups is 1. The molecule has 34 heavy (non-hydrogen) atoms. The van der Waals surface area contributed by atoms with Crippen LogP contribution in [0.25, 0.3) is 16.9 Å². The van der Waals surface area contributed by atoms with Crippen molar-refractivity contribution < 1.29 is 28.2 Å². The Labute approximate surface area is 197 Å². The second-order valence-electron chi connectivity index (χ2n) is 9.10. The molecule has 4 rings (SSSR count). The van der Waals surface area contributed by atoms with Crippen LogP contribution < -0.4 is 9.47 Å². The van der Waals surface area contributed by atoms with Gasteiger partial charge in [-0.3, -0.25) is 9.20 Å². The first-order valence-electron chi connectivity index (χ1n) is 11.6. The van der Waals surface area contributed by atoms with Gasteiger partial charge in [0.1, 0.15) is 22.7 Å². The number of alkyl halides is 2. The monoisotopic (exact) mass is 472 g/mol. The Hall–Kier alpha value is -3.00. The highest BCUT2D eigenvalue weighted by Crippen LogP contribution is 2.39. The van der Waals surface area contributed by atoms with Gasteiger partial charge in [-0.05, 0) is 55.5 Å². The van der Waals surface area contributed by atoms with Crippen LogP contribution in [-0.2, 0) is 5.60 Å². The molecule has 0 radical (unpaired) electrons. The van der Waals surface area contributed by atoms with Crippen LogP contribution in [0.5, 0.6) is 11.5 Å². The van der Waals surface area contributed by atoms with Crippen LogP contribution in [-0.4, -0.2) is 34.0 Å². The van der Waals surface area contributed by atoms with Crippen molar-refractivity contribution in [3.63, 3.8) is 0 Å². The maximum atomic E-state index is 13.3. The predicted molar refractivity (Wildman–Crippen MR) is 125 cm³/mol. The Morgan fingerprint density at radius 1 is 1.29 bits per heavy atom. The third-order valence-corrected chi connectivity index (χ3v) is 6.61. The minimum Gasteiger partial charge on any atom is -0.496 e. The summed E-state index contributed by atoms with van der Waals surface area (Å²) in [6, 6.07) is 6.67. The van der Waals surface area contributed by atoms with Crippen LogP contribution in [0.2, 0.25) is 0 Å². The van der Waals surface area contributed by atoms with Crippen LogP contribution in [0.1, 0.15) is 68.3 Å². The summed E-state index contributed by atoms with van der Waals surface area (Å²) in [5.74, 6) is 0.390. The first-order chi connectivity index (χ1) is 16.2. The number of fused-ring (bicyclic) bond motifs is 1. The molecule has 0 spiro atoms. The highest BCUT2D eigenvalue weighted by Gasteiger charge is 2.26. The number of methoxy groups -OCH3 is 1. The first kappa shape index (κ1) is 24.1. The van der Waals surface area contributed by atoms with E-state index in [1.165, 1.54) is 26.0 Å². The highest BCUT2D eigenvalue weighted by molar-refractivity contribution is 6.02. The van der Waals surface area contributed by atoms with Gasteiger partial charge in [-0.15, -0.1) is 0 Å². The van der Waals surface area contributed by atoms with Crippen molar-refractivity contribution in [3.8, 4) is 22.8 Å². The molecule has 1 aliphatic carbocycles. The number of hydrogen-bond acceptors (Lipinski definition) is 5. The zero-order valence-electron chi connectivity index (χ0n) is 19.7. The van der Waals surface area contributed by atoms with Gasteiger partial charge < -0.3 is 14.6 Å². The van der Waals surface area contributed by atoms with Crippen molar-refractivity contribution in [2.24, 2.45) is 5.92 Å². The summed E-state index contributed by atoms with van der Waals surface area (Å²) in [6.07, 6.45) is 8.24. The smallest absolute Gasteiger partial charge is 0.387 e. The van der Waals surface area contributed by atoms with Gasteiger partial charge in [0, 0.05) is 18.2 Å². The van der Waals surface area contributed by atoms with Crippen LogP contribution in [0.3, 0.4) is 0 Å². The second-order valence-corrected chi connectivity index (χ2v) is 9.10. The van der Waals surface area contributed by atoms with Crippen LogP contribution in [0.4, 0.5) is 8.78 Å². The van der Waals surface area contributed by atoms with Crippen molar-refractivity contribution in [1.82, 2.24) is 9.38 Å². The van der Waals surface area contributed by atoms with Crippen LogP contribution in [0, 0.1) is 5.92 Å². The quantitative estimate of drug-likeness (QED) is 0.347. The SMILES string of the molecule is CCC(C)(O)c1ccn2c(-c3cc(OC)c(C(=O)CCCC4CC4)c(OC(F)F)c3)cnc2c1. The average molecular weight is 473 g/mol. The Morgan fingerprint density at radius 3 is 2.68 bits per heavy atom. The normalized spacial score (nSPS) is 15.5. The maximum Gasteiger partial charge on any atom is 0.387 e. The molecule has 2 heterocycles. The third-order valence-electron chi connectivity index (χ3n) is 6.61. The lowest BCUT2D eigenvalue weighted by Gasteiger charge is -2.21. The summed E-state index contributed by atoms with van der Waals surface area (Å²) in [5, 5.41) is 10.6. The summed E-state index contributed by atoms with van der Waals surface area (Å²) in [4.78, 5) is 17.4. The molecule has 1 fully saturated rings. The lowest BCUT2D eigenvalue weighted by molar-refractivity contribution is -0.0502. The minimum absolute atomic E-state index is 0.0393. The number of hydrogen-bond donors (Lipinski definition) is 1. The number of Topliss-reactive ketones (excluding diaryl/α,β-unsaturated/α-hetero) is 1. The number of aliphatic hydroxyl groups is 1. The topological polar surface area (TPSA) is 73.1 Å². The highest BCUT2D eigenvalue weighted by atomic mass is 19.3. The molecular weight excluding hydrogens is 442 g/mol. The number of halogens is 2. The number of nitrogens with zero attached hydrogens (tertiary/aromatic N) is 2. The van der Waals surface area contributed by atoms with Crippen molar-refractivity contribution in [2.75, 3.05) is 7.11 Å². The maximum absolute atomic E-state index is 13.3. The van der Waals surface area contributed by atoms with Gasteiger partial charge in [0.25, 0.3) is 0 Å². The zero-order valence-corrected chi connectivity index (χ0v) is 19.7. The van der Waals surface area contributed by atoms with E-state index >= 15 is 0 Å². The van der Waals surface area contributed by atoms with Gasteiger partial charge in [0.05, 0.1) is 24.6 Å². The van der Waals surface area contributed by atoms with Gasteiger partial charge in [-0.1, -0.05) is 26.2 Å². The number of ether oxygens (including phenoxy) is 2. The number of aromatic nitrogens is 2. The Balaban J connectivity index is 1.73. The van der Waals surface area contributed by atoms with Crippen molar-refractivity contribution in [2.45, 2.75) is 64.6 Å². The van der Waals surface area contributed by atoms with E-state index in [9.17, 15) is 18.7 Å². The molecule has 0 saturated heterocycles. The van der Waals surface area contributed by atoms with E-state index < -0.39 is 12.2 Å². The standard InChI is InChI=1S/C26H30F2N2O4/c1-4-26(2,32)18-10-11-30-19(15-29-23(30)14-18)17-12-21(33-3)24(22(13-17)34-25(27)28)20(31)7-5-6-16-8-9-16/h10-16,25,32H,4-9H2,1-3H3. The summed E-state index contributed by atoms with van der Waals surface area (Å²) in [7, 11) is 1.40. The Kier molecular flexibility index (Phi) is 6.89. The van der Waals surface area contributed by atoms with Gasteiger partial charge in [0.2, 0.25) is 0 Å². The van der Waals surface area contributed by atoms with E-state index in [-0.39, 0.29) is 29.3 Å². The van der Waals surface area contributed by atoms with Gasteiger partial charge >= 0.3 is 6.61 Å². The first-order valence-corrected chi connectivity index (χ1v) is 11.6. The van der Waals surface area contributed by atoms with Crippen molar-refractivity contribution in [3.05, 3.63) is 47.8 Å². The fraction of sp³-hybridized carbons (Fsp3) is 0.462. The minimum atomic E-state index is -3.08. The van der Waals surface area contributed by atoms with Gasteiger partial charge in [-0.25, -0.2) is 4.98 Å². The third kappa shape index (κ3) is 5.06. The predicted octanol–water partition coefficient (Wildman–Crippen LogP) is 5.99. The fourth-order valence-electron chi connectivity index (χ4n) is 4.18. The molecule has 1 aromatic carbocycles. The molecule has 3 aromatic rings. The molecule has 0 amide bonds. The molecule has 1 N–H and O–H groups in total. The molecule has 6 nitrogen and oxygen atoms in total. The van der Waals surface area contributed by atoms with Gasteiger partial charge in [-0.2, -0.15) is 8.78 Å². The Bertz CT molecular complexity index is 1190. The summed E-state index contributed by atoms with van der Waals surface area (Å²) >= 11 is 0. The number of imidazole rings is 1. The molecule has 1 aliphatic rings. The molecule has 0 aliphatic heterocycles. The molecule has 8 heteroatoms. The van der Waals surface area contributed by atoms with E-state index in [0.717, 1.165) is 12.0 Å². The molecule has 1 atom stereocenters. The molecule has 0 bridgehead atoms. The summed E-state index contributed by atoms with van der Waals surface area (Å²) in [5.41, 5.74) is 1.50. The number of rotatable bonds is 11. The van der Waals surface area contributed by atoms with Crippen molar-refractivity contribution in [1.29, 1.82) is 0 Å². The largest absolute Gasteiger partial charge is 0.496 e. The number of benzene rings is 1. The van der Waals surface area contributed by atoms with Crippen LogP contribution >= 0.6 is 0 Å². The zero-order chi connectivity index (χ0) is 24.5. The van der Waals surface area contributed by atoms with Crippen molar-refractivity contribution >= 4 is 11.4 Å². The van der Waals surface area contributed by atoms with E-state index in [1.807, 2.05) is 6.92 Å². The number of pyridine rings is 1. The number of ketones is 1. The van der Waals surface area contributed by atoms with E-state index in [4.69, 9.17) is 9.47 Å². The fourth-order valence-corrected chi connectivity index (χ4v) is 4.18. The van der Waals surface area contributed by atoms with E-state index in [1.54, 1.807) is 41.9 Å². The Morgan fingerprint density at radius 2 is 2.03 bits per heavy atom. The summed E-state index contributed by atoms with van der Waals surface area (Å²) in [6.45, 7) is 0.549. The molecule has 1 saturated carbocycles. The van der Waals surface area contributed by atoms with E-state index in [2.05, 4.69) is 4.98 Å². The molecule has 1 unspecified atom stereocenters. The van der Waals surface area contributed by atoms with Crippen LogP contribution in [0.15, 0.2) is 36.7 Å². The average Bonchev–Trinajstić information content (AvgIpc) is 3.53. The lowest BCUT2D eigenvalue weighted by atomic mass is 9.94. The second kappa shape index (κ2) is 9.70. The molecular formula is C26H30F2N2O4. The molecule has 2 aromatic heterocycles. The summed E-state index contributed by atoms with van der Waals surface area (Å²) < 4.78 is 38.5. The number of carbonyl (C=O) groups excluding carboxylic acids is 1. The molecule has 182 valence electrons.